The van der Waals surface area contributed by atoms with Gasteiger partial charge in [-0.2, -0.15) is 0 Å². The summed E-state index contributed by atoms with van der Waals surface area (Å²) in [6.45, 7) is 3.62. The lowest BCUT2D eigenvalue weighted by atomic mass is 10.0. The lowest BCUT2D eigenvalue weighted by Crippen LogP contribution is -2.15. The molecule has 3 rings (SSSR count). The summed E-state index contributed by atoms with van der Waals surface area (Å²) in [6, 6.07) is 11.0. The van der Waals surface area contributed by atoms with Crippen molar-refractivity contribution in [1.29, 1.82) is 0 Å². The maximum Gasteiger partial charge on any atom is 0.340 e. The number of ether oxygens (including phenoxy) is 2. The number of esters is 2. The molecule has 2 heterocycles. The highest BCUT2D eigenvalue weighted by molar-refractivity contribution is 7.12. The van der Waals surface area contributed by atoms with Gasteiger partial charge in [0.25, 0.3) is 0 Å². The van der Waals surface area contributed by atoms with Crippen molar-refractivity contribution in [2.24, 2.45) is 0 Å². The van der Waals surface area contributed by atoms with E-state index in [0.717, 1.165) is 10.9 Å². The number of aryl methyl sites for hydroxylation is 1. The van der Waals surface area contributed by atoms with E-state index in [1.807, 2.05) is 36.6 Å². The molecular formula is C22H21NO5S. The van der Waals surface area contributed by atoms with Gasteiger partial charge < -0.3 is 9.47 Å². The number of aromatic nitrogens is 1. The molecule has 3 aromatic rings. The molecule has 2 aromatic heterocycles. The number of carbonyl (C=O) groups is 3. The first-order chi connectivity index (χ1) is 14.0. The van der Waals surface area contributed by atoms with E-state index < -0.39 is 11.9 Å². The topological polar surface area (TPSA) is 82.6 Å². The molecule has 0 saturated heterocycles. The van der Waals surface area contributed by atoms with Gasteiger partial charge in [0.15, 0.2) is 5.78 Å². The van der Waals surface area contributed by atoms with Crippen LogP contribution in [0.25, 0.3) is 10.9 Å². The van der Waals surface area contributed by atoms with Crippen molar-refractivity contribution in [3.8, 4) is 0 Å². The Morgan fingerprint density at radius 2 is 1.83 bits per heavy atom. The second-order valence-electron chi connectivity index (χ2n) is 6.36. The molecule has 1 aromatic carbocycles. The summed E-state index contributed by atoms with van der Waals surface area (Å²) in [5.74, 6) is -1.11. The smallest absolute Gasteiger partial charge is 0.340 e. The summed E-state index contributed by atoms with van der Waals surface area (Å²) in [7, 11) is 0. The van der Waals surface area contributed by atoms with E-state index in [2.05, 4.69) is 4.98 Å². The first-order valence-electron chi connectivity index (χ1n) is 9.29. The fourth-order valence-electron chi connectivity index (χ4n) is 3.02. The molecule has 150 valence electrons. The van der Waals surface area contributed by atoms with Gasteiger partial charge in [0, 0.05) is 11.8 Å². The van der Waals surface area contributed by atoms with Crippen LogP contribution in [0.15, 0.2) is 41.8 Å². The molecule has 0 spiro atoms. The molecule has 0 radical (unpaired) electrons. The molecule has 0 aliphatic carbocycles. The monoisotopic (exact) mass is 411 g/mol. The predicted molar refractivity (Wildman–Crippen MR) is 110 cm³/mol. The Labute approximate surface area is 172 Å². The molecule has 6 nitrogen and oxygen atoms in total. The van der Waals surface area contributed by atoms with Gasteiger partial charge in [-0.1, -0.05) is 24.3 Å². The van der Waals surface area contributed by atoms with Gasteiger partial charge in [-0.25, -0.2) is 9.78 Å². The zero-order valence-corrected chi connectivity index (χ0v) is 17.1. The quantitative estimate of drug-likeness (QED) is 0.401. The van der Waals surface area contributed by atoms with E-state index in [4.69, 9.17) is 9.47 Å². The highest BCUT2D eigenvalue weighted by atomic mass is 32.1. The summed E-state index contributed by atoms with van der Waals surface area (Å²) < 4.78 is 10.5. The van der Waals surface area contributed by atoms with Crippen molar-refractivity contribution in [2.75, 3.05) is 6.61 Å². The van der Waals surface area contributed by atoms with Gasteiger partial charge in [-0.05, 0) is 36.9 Å². The van der Waals surface area contributed by atoms with Crippen LogP contribution >= 0.6 is 11.3 Å². The van der Waals surface area contributed by atoms with Crippen molar-refractivity contribution in [1.82, 2.24) is 4.98 Å². The Bertz CT molecular complexity index is 1040. The van der Waals surface area contributed by atoms with Crippen molar-refractivity contribution in [2.45, 2.75) is 33.3 Å². The Hall–Kier alpha value is -3.06. The minimum atomic E-state index is -0.516. The van der Waals surface area contributed by atoms with E-state index in [-0.39, 0.29) is 31.8 Å². The number of thiophene rings is 1. The number of rotatable bonds is 8. The van der Waals surface area contributed by atoms with Crippen LogP contribution in [0.5, 0.6) is 0 Å². The number of nitrogens with zero attached hydrogens (tertiary/aromatic N) is 1. The van der Waals surface area contributed by atoms with Gasteiger partial charge in [-0.3, -0.25) is 9.59 Å². The van der Waals surface area contributed by atoms with Crippen LogP contribution in [-0.2, 0) is 20.9 Å². The fourth-order valence-corrected chi connectivity index (χ4v) is 3.71. The number of hydrogen-bond donors (Lipinski definition) is 0. The maximum absolute atomic E-state index is 12.5. The number of pyridine rings is 1. The molecule has 0 aliphatic heterocycles. The van der Waals surface area contributed by atoms with Crippen molar-refractivity contribution >= 4 is 40.0 Å². The number of carbonyl (C=O) groups excluding carboxylic acids is 3. The number of fused-ring (bicyclic) bond motifs is 1. The molecule has 0 N–H and O–H groups in total. The van der Waals surface area contributed by atoms with E-state index >= 15 is 0 Å². The first-order valence-corrected chi connectivity index (χ1v) is 10.2. The minimum absolute atomic E-state index is 0.0297. The summed E-state index contributed by atoms with van der Waals surface area (Å²) in [4.78, 5) is 41.7. The molecule has 0 aliphatic rings. The molecule has 0 saturated carbocycles. The number of hydrogen-bond acceptors (Lipinski definition) is 7. The lowest BCUT2D eigenvalue weighted by Gasteiger charge is -2.14. The minimum Gasteiger partial charge on any atom is -0.462 e. The standard InChI is InChI=1S/C22H21NO5S/c1-3-27-22(26)21-14(2)15-7-4-5-8-16(15)23-17(21)13-28-20(25)11-10-18(24)19-9-6-12-29-19/h4-9,12H,3,10-11,13H2,1-2H3. The van der Waals surface area contributed by atoms with Gasteiger partial charge in [-0.15, -0.1) is 11.3 Å². The normalized spacial score (nSPS) is 10.7. The third-order valence-corrected chi connectivity index (χ3v) is 5.34. The Morgan fingerprint density at radius 1 is 1.03 bits per heavy atom. The summed E-state index contributed by atoms with van der Waals surface area (Å²) in [6.07, 6.45) is 0.0479. The van der Waals surface area contributed by atoms with Crippen LogP contribution in [0.1, 0.15) is 51.1 Å². The van der Waals surface area contributed by atoms with Crippen LogP contribution < -0.4 is 0 Å². The molecule has 0 amide bonds. The summed E-state index contributed by atoms with van der Waals surface area (Å²) in [5.41, 5.74) is 2.09. The van der Waals surface area contributed by atoms with Crippen LogP contribution in [0.4, 0.5) is 0 Å². The van der Waals surface area contributed by atoms with Crippen molar-refractivity contribution in [3.63, 3.8) is 0 Å². The fraction of sp³-hybridized carbons (Fsp3) is 0.273. The Morgan fingerprint density at radius 3 is 2.55 bits per heavy atom. The third kappa shape index (κ3) is 4.86. The van der Waals surface area contributed by atoms with Crippen LogP contribution in [0.2, 0.25) is 0 Å². The van der Waals surface area contributed by atoms with Crippen LogP contribution in [0.3, 0.4) is 0 Å². The van der Waals surface area contributed by atoms with Gasteiger partial charge in [0.1, 0.15) is 6.61 Å². The third-order valence-electron chi connectivity index (χ3n) is 4.43. The Balaban J connectivity index is 1.74. The van der Waals surface area contributed by atoms with E-state index in [1.54, 1.807) is 19.1 Å². The predicted octanol–water partition coefficient (Wildman–Crippen LogP) is 4.49. The number of ketones is 1. The maximum atomic E-state index is 12.5. The highest BCUT2D eigenvalue weighted by Crippen LogP contribution is 2.24. The van der Waals surface area contributed by atoms with E-state index in [0.29, 0.717) is 21.7 Å². The number of benzene rings is 1. The summed E-state index contributed by atoms with van der Waals surface area (Å²) >= 11 is 1.34. The van der Waals surface area contributed by atoms with Crippen molar-refractivity contribution < 1.29 is 23.9 Å². The Kier molecular flexibility index (Phi) is 6.72. The molecular weight excluding hydrogens is 390 g/mol. The average molecular weight is 411 g/mol. The highest BCUT2D eigenvalue weighted by Gasteiger charge is 2.21. The lowest BCUT2D eigenvalue weighted by molar-refractivity contribution is -0.145. The number of Topliss-reactive ketones (excluding diaryl/α,β-unsaturated/α-hetero) is 1. The molecule has 0 unspecified atom stereocenters. The number of para-hydroxylation sites is 1. The van der Waals surface area contributed by atoms with Crippen molar-refractivity contribution in [3.05, 3.63) is 63.5 Å². The largest absolute Gasteiger partial charge is 0.462 e. The van der Waals surface area contributed by atoms with E-state index in [9.17, 15) is 14.4 Å². The second kappa shape index (κ2) is 9.43. The SMILES string of the molecule is CCOC(=O)c1c(COC(=O)CCC(=O)c2cccs2)nc2ccccc2c1C. The second-order valence-corrected chi connectivity index (χ2v) is 7.30. The van der Waals surface area contributed by atoms with Gasteiger partial charge in [0.05, 0.1) is 34.7 Å². The zero-order valence-electron chi connectivity index (χ0n) is 16.3. The summed E-state index contributed by atoms with van der Waals surface area (Å²) in [5, 5.41) is 2.66. The molecule has 29 heavy (non-hydrogen) atoms. The van der Waals surface area contributed by atoms with Gasteiger partial charge >= 0.3 is 11.9 Å². The molecule has 0 atom stereocenters. The molecule has 0 fully saturated rings. The average Bonchev–Trinajstić information content (AvgIpc) is 3.25. The van der Waals surface area contributed by atoms with Crippen LogP contribution in [0, 0.1) is 6.92 Å². The van der Waals surface area contributed by atoms with Crippen LogP contribution in [-0.4, -0.2) is 29.3 Å². The molecule has 7 heteroatoms. The van der Waals surface area contributed by atoms with Gasteiger partial charge in [0.2, 0.25) is 0 Å². The first kappa shape index (κ1) is 20.7. The zero-order chi connectivity index (χ0) is 20.8. The van der Waals surface area contributed by atoms with E-state index in [1.165, 1.54) is 11.3 Å². The molecule has 0 bridgehead atoms.